The van der Waals surface area contributed by atoms with E-state index in [1.54, 1.807) is 0 Å². The Bertz CT molecular complexity index is 898. The summed E-state index contributed by atoms with van der Waals surface area (Å²) in [5.74, 6) is 9.15. The van der Waals surface area contributed by atoms with Gasteiger partial charge in [0.05, 0.1) is 11.8 Å². The number of rotatable bonds is 7. The summed E-state index contributed by atoms with van der Waals surface area (Å²) in [6, 6.07) is 5.69. The Kier molecular flexibility index (Phi) is 7.59. The average molecular weight is 495 g/mol. The molecule has 5 rings (SSSR count). The maximum absolute atomic E-state index is 6.47. The summed E-state index contributed by atoms with van der Waals surface area (Å²) < 4.78 is 6.47. The minimum Gasteiger partial charge on any atom is -0.488 e. The Morgan fingerprint density at radius 1 is 0.972 bits per heavy atom. The molecule has 0 heterocycles. The topological polar surface area (TPSA) is 61.3 Å². The molecule has 3 heteroatoms. The Balaban J connectivity index is 1.24. The third-order valence-electron chi connectivity index (χ3n) is 11.9. The molecule has 10 atom stereocenters. The van der Waals surface area contributed by atoms with Crippen molar-refractivity contribution in [2.45, 2.75) is 111 Å². The van der Waals surface area contributed by atoms with Gasteiger partial charge in [0.1, 0.15) is 5.75 Å². The van der Waals surface area contributed by atoms with Crippen molar-refractivity contribution >= 4 is 11.4 Å². The van der Waals surface area contributed by atoms with Crippen molar-refractivity contribution in [3.63, 3.8) is 0 Å². The molecule has 36 heavy (non-hydrogen) atoms. The summed E-state index contributed by atoms with van der Waals surface area (Å²) in [5.41, 5.74) is 14.0. The number of hydrogen-bond acceptors (Lipinski definition) is 3. The SMILES string of the molecule is CC(C)CCCC(C)C1CCC2C3CCC4CC(Oc5ccc(N)cc5N)CCC4(C)C3CC(C)C12. The lowest BCUT2D eigenvalue weighted by Gasteiger charge is -2.60. The van der Waals surface area contributed by atoms with Crippen molar-refractivity contribution in [2.24, 2.45) is 58.7 Å². The van der Waals surface area contributed by atoms with Gasteiger partial charge in [-0.15, -0.1) is 0 Å². The molecule has 4 aliphatic rings. The van der Waals surface area contributed by atoms with E-state index in [1.807, 2.05) is 18.2 Å². The van der Waals surface area contributed by atoms with Gasteiger partial charge in [0.15, 0.2) is 0 Å². The molecule has 0 spiro atoms. The zero-order chi connectivity index (χ0) is 25.6. The molecule has 3 nitrogen and oxygen atoms in total. The molecule has 0 bridgehead atoms. The van der Waals surface area contributed by atoms with Crippen LogP contribution in [0.25, 0.3) is 0 Å². The second-order valence-electron chi connectivity index (χ2n) is 14.4. The second-order valence-corrected chi connectivity index (χ2v) is 14.4. The zero-order valence-corrected chi connectivity index (χ0v) is 23.8. The van der Waals surface area contributed by atoms with E-state index in [1.165, 1.54) is 64.2 Å². The largest absolute Gasteiger partial charge is 0.488 e. The Labute approximate surface area is 221 Å². The Morgan fingerprint density at radius 2 is 1.75 bits per heavy atom. The van der Waals surface area contributed by atoms with E-state index < -0.39 is 0 Å². The van der Waals surface area contributed by atoms with E-state index in [2.05, 4.69) is 34.6 Å². The summed E-state index contributed by atoms with van der Waals surface area (Å²) in [7, 11) is 0. The van der Waals surface area contributed by atoms with Crippen LogP contribution >= 0.6 is 0 Å². The summed E-state index contributed by atoms with van der Waals surface area (Å²) in [5, 5.41) is 0. The first kappa shape index (κ1) is 26.2. The van der Waals surface area contributed by atoms with Crippen LogP contribution in [-0.4, -0.2) is 6.10 Å². The highest BCUT2D eigenvalue weighted by atomic mass is 16.5. The van der Waals surface area contributed by atoms with Gasteiger partial charge in [0.25, 0.3) is 0 Å². The molecule has 0 saturated heterocycles. The fourth-order valence-electron chi connectivity index (χ4n) is 10.0. The van der Waals surface area contributed by atoms with E-state index >= 15 is 0 Å². The van der Waals surface area contributed by atoms with Gasteiger partial charge in [0.2, 0.25) is 0 Å². The fraction of sp³-hybridized carbons (Fsp3) is 0.818. The van der Waals surface area contributed by atoms with Crippen LogP contribution in [0, 0.1) is 58.7 Å². The summed E-state index contributed by atoms with van der Waals surface area (Å²) in [6.07, 6.45) is 15.6. The number of hydrogen-bond donors (Lipinski definition) is 2. The van der Waals surface area contributed by atoms with Crippen LogP contribution in [0.1, 0.15) is 105 Å². The highest BCUT2D eigenvalue weighted by Gasteiger charge is 2.58. The fourth-order valence-corrected chi connectivity index (χ4v) is 10.0. The third kappa shape index (κ3) is 4.90. The molecule has 0 radical (unpaired) electrons. The standard InChI is InChI=1S/C33H54N2O/c1-20(2)7-6-8-21(3)26-12-13-28-27-11-9-23-18-25(36-31-14-10-24(34)19-30(31)35)15-16-33(23,5)29(27)17-22(4)32(26)28/h10,14,19-23,25-29,32H,6-9,11-13,15-18,34-35H2,1-5H3. The first-order chi connectivity index (χ1) is 17.2. The maximum Gasteiger partial charge on any atom is 0.142 e. The molecule has 0 aromatic heterocycles. The first-order valence-electron chi connectivity index (χ1n) is 15.5. The van der Waals surface area contributed by atoms with Gasteiger partial charge in [-0.3, -0.25) is 0 Å². The van der Waals surface area contributed by atoms with Crippen molar-refractivity contribution < 1.29 is 4.74 Å². The molecule has 4 saturated carbocycles. The smallest absolute Gasteiger partial charge is 0.142 e. The maximum atomic E-state index is 6.47. The average Bonchev–Trinajstić information content (AvgIpc) is 3.28. The van der Waals surface area contributed by atoms with Crippen molar-refractivity contribution in [3.8, 4) is 5.75 Å². The number of ether oxygens (including phenoxy) is 1. The van der Waals surface area contributed by atoms with E-state index in [0.717, 1.165) is 65.4 Å². The minimum absolute atomic E-state index is 0.293. The number of nitrogens with two attached hydrogens (primary N) is 2. The minimum atomic E-state index is 0.293. The molecule has 1 aromatic rings. The number of nitrogen functional groups attached to an aromatic ring is 2. The molecule has 0 aliphatic heterocycles. The number of benzene rings is 1. The van der Waals surface area contributed by atoms with Crippen molar-refractivity contribution in [2.75, 3.05) is 11.5 Å². The molecule has 202 valence electrons. The van der Waals surface area contributed by atoms with Gasteiger partial charge in [-0.2, -0.15) is 0 Å². The molecule has 1 aromatic carbocycles. The van der Waals surface area contributed by atoms with Crippen LogP contribution < -0.4 is 16.2 Å². The highest BCUT2D eigenvalue weighted by Crippen LogP contribution is 2.65. The monoisotopic (exact) mass is 494 g/mol. The quantitative estimate of drug-likeness (QED) is 0.373. The predicted octanol–water partition coefficient (Wildman–Crippen LogP) is 8.58. The lowest BCUT2D eigenvalue weighted by molar-refractivity contribution is -0.120. The molecule has 10 unspecified atom stereocenters. The third-order valence-corrected chi connectivity index (χ3v) is 11.9. The van der Waals surface area contributed by atoms with Gasteiger partial charge in [-0.1, -0.05) is 53.9 Å². The summed E-state index contributed by atoms with van der Waals surface area (Å²) in [4.78, 5) is 0. The van der Waals surface area contributed by atoms with E-state index in [9.17, 15) is 0 Å². The molecule has 4 N–H and O–H groups in total. The normalized spacial score (nSPS) is 40.8. The van der Waals surface area contributed by atoms with Crippen molar-refractivity contribution in [3.05, 3.63) is 18.2 Å². The van der Waals surface area contributed by atoms with Crippen LogP contribution in [0.3, 0.4) is 0 Å². The van der Waals surface area contributed by atoms with Crippen LogP contribution in [0.5, 0.6) is 5.75 Å². The Hall–Kier alpha value is -1.38. The number of fused-ring (bicyclic) bond motifs is 5. The number of anilines is 2. The predicted molar refractivity (Wildman–Crippen MR) is 153 cm³/mol. The molecule has 0 amide bonds. The summed E-state index contributed by atoms with van der Waals surface area (Å²) >= 11 is 0. The van der Waals surface area contributed by atoms with Crippen LogP contribution in [0.4, 0.5) is 11.4 Å². The van der Waals surface area contributed by atoms with Crippen LogP contribution in [0.2, 0.25) is 0 Å². The summed E-state index contributed by atoms with van der Waals surface area (Å²) in [6.45, 7) is 12.7. The molecular weight excluding hydrogens is 440 g/mol. The van der Waals surface area contributed by atoms with Crippen molar-refractivity contribution in [1.29, 1.82) is 0 Å². The van der Waals surface area contributed by atoms with Gasteiger partial charge in [0, 0.05) is 5.69 Å². The van der Waals surface area contributed by atoms with Gasteiger partial charge in [-0.25, -0.2) is 0 Å². The van der Waals surface area contributed by atoms with E-state index in [0.29, 0.717) is 22.9 Å². The Morgan fingerprint density at radius 3 is 2.50 bits per heavy atom. The van der Waals surface area contributed by atoms with Crippen LogP contribution in [0.15, 0.2) is 18.2 Å². The lowest BCUT2D eigenvalue weighted by atomic mass is 9.45. The zero-order valence-electron chi connectivity index (χ0n) is 23.8. The van der Waals surface area contributed by atoms with E-state index in [4.69, 9.17) is 16.2 Å². The molecular formula is C33H54N2O. The first-order valence-corrected chi connectivity index (χ1v) is 15.5. The van der Waals surface area contributed by atoms with Crippen LogP contribution in [-0.2, 0) is 0 Å². The second kappa shape index (κ2) is 10.4. The highest BCUT2D eigenvalue weighted by molar-refractivity contribution is 5.60. The van der Waals surface area contributed by atoms with Gasteiger partial charge in [-0.05, 0) is 128 Å². The molecule has 4 aliphatic carbocycles. The van der Waals surface area contributed by atoms with E-state index in [-0.39, 0.29) is 0 Å². The lowest BCUT2D eigenvalue weighted by Crippen LogP contribution is -2.54. The van der Waals surface area contributed by atoms with Gasteiger partial charge >= 0.3 is 0 Å². The van der Waals surface area contributed by atoms with Crippen molar-refractivity contribution in [1.82, 2.24) is 0 Å². The van der Waals surface area contributed by atoms with Gasteiger partial charge < -0.3 is 16.2 Å². The molecule has 4 fully saturated rings.